The van der Waals surface area contributed by atoms with Crippen molar-refractivity contribution in [2.45, 2.75) is 38.8 Å². The lowest BCUT2D eigenvalue weighted by Crippen LogP contribution is -2.13. The Morgan fingerprint density at radius 1 is 1.11 bits per heavy atom. The zero-order valence-electron chi connectivity index (χ0n) is 15.8. The van der Waals surface area contributed by atoms with Crippen molar-refractivity contribution in [2.75, 3.05) is 11.1 Å². The van der Waals surface area contributed by atoms with Crippen LogP contribution in [-0.2, 0) is 4.79 Å². The van der Waals surface area contributed by atoms with Crippen molar-refractivity contribution >= 4 is 23.4 Å². The number of nitrogens with one attached hydrogen (secondary N) is 1. The fourth-order valence-electron chi connectivity index (χ4n) is 2.98. The Bertz CT molecular complexity index is 900. The number of amides is 1. The molecule has 1 amide bonds. The number of aryl methyl sites for hydroxylation is 3. The van der Waals surface area contributed by atoms with Crippen LogP contribution in [0.5, 0.6) is 0 Å². The molecule has 7 heteroatoms. The van der Waals surface area contributed by atoms with Gasteiger partial charge in [-0.3, -0.25) is 4.79 Å². The second-order valence-corrected chi connectivity index (χ2v) is 7.54. The summed E-state index contributed by atoms with van der Waals surface area (Å²) in [6.07, 6.45) is 1.22. The number of thioether (sulfide) groups is 1. The summed E-state index contributed by atoms with van der Waals surface area (Å²) in [6.45, 7) is 6.11. The molecule has 140 valence electrons. The van der Waals surface area contributed by atoms with Crippen molar-refractivity contribution in [3.05, 3.63) is 59.2 Å². The summed E-state index contributed by atoms with van der Waals surface area (Å²) in [5.41, 5.74) is 5.24. The van der Waals surface area contributed by atoms with Crippen LogP contribution in [0.4, 0.5) is 5.69 Å². The molecule has 0 unspecified atom stereocenters. The summed E-state index contributed by atoms with van der Waals surface area (Å²) in [6, 6.07) is 13.9. The molecule has 0 saturated carbocycles. The van der Waals surface area contributed by atoms with Crippen LogP contribution >= 0.6 is 11.8 Å². The van der Waals surface area contributed by atoms with Gasteiger partial charge in [-0.1, -0.05) is 47.7 Å². The van der Waals surface area contributed by atoms with Gasteiger partial charge in [0, 0.05) is 17.9 Å². The normalized spacial score (nSPS) is 10.8. The van der Waals surface area contributed by atoms with E-state index in [2.05, 4.69) is 39.9 Å². The molecule has 0 aliphatic heterocycles. The maximum atomic E-state index is 12.3. The molecule has 3 aromatic rings. The van der Waals surface area contributed by atoms with Crippen LogP contribution in [0.25, 0.3) is 5.69 Å². The van der Waals surface area contributed by atoms with Gasteiger partial charge in [-0.2, -0.15) is 4.68 Å². The summed E-state index contributed by atoms with van der Waals surface area (Å²) in [5.74, 6) is 0.806. The van der Waals surface area contributed by atoms with Gasteiger partial charge < -0.3 is 5.32 Å². The van der Waals surface area contributed by atoms with Gasteiger partial charge in [0.2, 0.25) is 11.1 Å². The van der Waals surface area contributed by atoms with Crippen molar-refractivity contribution in [3.63, 3.8) is 0 Å². The van der Waals surface area contributed by atoms with Crippen LogP contribution in [-0.4, -0.2) is 31.9 Å². The molecule has 1 N–H and O–H groups in total. The topological polar surface area (TPSA) is 72.7 Å². The predicted octanol–water partition coefficient (Wildman–Crippen LogP) is 4.10. The highest BCUT2D eigenvalue weighted by molar-refractivity contribution is 7.99. The Morgan fingerprint density at radius 3 is 2.52 bits per heavy atom. The molecule has 0 spiro atoms. The summed E-state index contributed by atoms with van der Waals surface area (Å²) < 4.78 is 1.71. The molecule has 0 atom stereocenters. The number of anilines is 1. The number of aromatic nitrogens is 4. The van der Waals surface area contributed by atoms with Crippen molar-refractivity contribution < 1.29 is 4.79 Å². The molecule has 1 aromatic heterocycles. The van der Waals surface area contributed by atoms with Gasteiger partial charge in [0.15, 0.2) is 0 Å². The van der Waals surface area contributed by atoms with Gasteiger partial charge in [-0.15, -0.1) is 5.10 Å². The van der Waals surface area contributed by atoms with E-state index in [1.165, 1.54) is 5.56 Å². The van der Waals surface area contributed by atoms with E-state index in [-0.39, 0.29) is 5.91 Å². The van der Waals surface area contributed by atoms with Crippen LogP contribution in [0, 0.1) is 20.8 Å². The molecular weight excluding hydrogens is 358 g/mol. The maximum absolute atomic E-state index is 12.3. The molecule has 6 nitrogen and oxygen atoms in total. The third kappa shape index (κ3) is 4.95. The van der Waals surface area contributed by atoms with Crippen LogP contribution in [0.3, 0.4) is 0 Å². The minimum Gasteiger partial charge on any atom is -0.326 e. The third-order valence-electron chi connectivity index (χ3n) is 4.16. The van der Waals surface area contributed by atoms with Crippen molar-refractivity contribution in [3.8, 4) is 5.69 Å². The summed E-state index contributed by atoms with van der Waals surface area (Å²) in [4.78, 5) is 12.3. The first-order valence-corrected chi connectivity index (χ1v) is 9.87. The molecule has 0 fully saturated rings. The predicted molar refractivity (Wildman–Crippen MR) is 108 cm³/mol. The minimum atomic E-state index is 0.0355. The van der Waals surface area contributed by atoms with Crippen molar-refractivity contribution in [1.29, 1.82) is 0 Å². The van der Waals surface area contributed by atoms with Crippen LogP contribution in [0.15, 0.2) is 47.6 Å². The molecule has 27 heavy (non-hydrogen) atoms. The Hall–Kier alpha value is -2.67. The van der Waals surface area contributed by atoms with Crippen molar-refractivity contribution in [1.82, 2.24) is 20.2 Å². The van der Waals surface area contributed by atoms with E-state index in [0.717, 1.165) is 39.8 Å². The molecule has 0 aliphatic rings. The number of rotatable bonds is 7. The highest BCUT2D eigenvalue weighted by Gasteiger charge is 2.11. The van der Waals surface area contributed by atoms with E-state index < -0.39 is 0 Å². The van der Waals surface area contributed by atoms with Gasteiger partial charge in [0.05, 0.1) is 5.69 Å². The van der Waals surface area contributed by atoms with Gasteiger partial charge in [0.1, 0.15) is 0 Å². The monoisotopic (exact) mass is 381 g/mol. The second kappa shape index (κ2) is 8.81. The van der Waals surface area contributed by atoms with Gasteiger partial charge >= 0.3 is 0 Å². The Labute approximate surface area is 163 Å². The number of carbonyl (C=O) groups excluding carboxylic acids is 1. The quantitative estimate of drug-likeness (QED) is 0.493. The number of hydrogen-bond donors (Lipinski definition) is 1. The number of benzene rings is 2. The first kappa shape index (κ1) is 19.1. The number of tetrazole rings is 1. The number of hydrogen-bond acceptors (Lipinski definition) is 5. The number of carbonyl (C=O) groups is 1. The van der Waals surface area contributed by atoms with E-state index in [9.17, 15) is 4.79 Å². The SMILES string of the molecule is Cc1cc(C)c(NC(=O)CCCSc2nnnn2-c2ccccc2)c(C)c1. The standard InChI is InChI=1S/C20H23N5OS/c1-14-12-15(2)19(16(3)13-14)21-18(26)10-7-11-27-20-22-23-24-25(20)17-8-5-4-6-9-17/h4-6,8-9,12-13H,7,10-11H2,1-3H3,(H,21,26). The Kier molecular flexibility index (Phi) is 6.24. The first-order valence-electron chi connectivity index (χ1n) is 8.89. The average Bonchev–Trinajstić information content (AvgIpc) is 3.11. The molecule has 0 radical (unpaired) electrons. The molecule has 0 aliphatic carbocycles. The van der Waals surface area contributed by atoms with E-state index in [1.807, 2.05) is 44.2 Å². The molecular formula is C20H23N5OS. The zero-order valence-corrected chi connectivity index (χ0v) is 16.6. The molecule has 0 bridgehead atoms. The summed E-state index contributed by atoms with van der Waals surface area (Å²) in [5, 5.41) is 15.6. The average molecular weight is 382 g/mol. The largest absolute Gasteiger partial charge is 0.326 e. The minimum absolute atomic E-state index is 0.0355. The van der Waals surface area contributed by atoms with E-state index in [0.29, 0.717) is 6.42 Å². The van der Waals surface area contributed by atoms with E-state index >= 15 is 0 Å². The Morgan fingerprint density at radius 2 is 1.81 bits per heavy atom. The van der Waals surface area contributed by atoms with E-state index in [1.54, 1.807) is 16.4 Å². The Balaban J connectivity index is 1.50. The highest BCUT2D eigenvalue weighted by atomic mass is 32.2. The van der Waals surface area contributed by atoms with Crippen molar-refractivity contribution in [2.24, 2.45) is 0 Å². The number of para-hydroxylation sites is 1. The van der Waals surface area contributed by atoms with E-state index in [4.69, 9.17) is 0 Å². The fraction of sp³-hybridized carbons (Fsp3) is 0.300. The summed E-state index contributed by atoms with van der Waals surface area (Å²) >= 11 is 1.55. The lowest BCUT2D eigenvalue weighted by atomic mass is 10.0. The highest BCUT2D eigenvalue weighted by Crippen LogP contribution is 2.23. The van der Waals surface area contributed by atoms with Gasteiger partial charge in [0.25, 0.3) is 0 Å². The van der Waals surface area contributed by atoms with Crippen LogP contribution in [0.2, 0.25) is 0 Å². The molecule has 0 saturated heterocycles. The lowest BCUT2D eigenvalue weighted by Gasteiger charge is -2.12. The second-order valence-electron chi connectivity index (χ2n) is 6.48. The van der Waals surface area contributed by atoms with Gasteiger partial charge in [-0.05, 0) is 60.9 Å². The molecule has 2 aromatic carbocycles. The third-order valence-corrected chi connectivity index (χ3v) is 5.17. The smallest absolute Gasteiger partial charge is 0.224 e. The van der Waals surface area contributed by atoms with Crippen LogP contribution < -0.4 is 5.32 Å². The van der Waals surface area contributed by atoms with Gasteiger partial charge in [-0.25, -0.2) is 0 Å². The fourth-order valence-corrected chi connectivity index (χ4v) is 3.81. The zero-order chi connectivity index (χ0) is 19.2. The van der Waals surface area contributed by atoms with Crippen LogP contribution in [0.1, 0.15) is 29.5 Å². The number of nitrogens with zero attached hydrogens (tertiary/aromatic N) is 4. The lowest BCUT2D eigenvalue weighted by molar-refractivity contribution is -0.116. The first-order chi connectivity index (χ1) is 13.0. The molecule has 1 heterocycles. The molecule has 3 rings (SSSR count). The summed E-state index contributed by atoms with van der Waals surface area (Å²) in [7, 11) is 0. The maximum Gasteiger partial charge on any atom is 0.224 e.